The second kappa shape index (κ2) is 5.14. The summed E-state index contributed by atoms with van der Waals surface area (Å²) in [5, 5.41) is 18.1. The van der Waals surface area contributed by atoms with Crippen molar-refractivity contribution in [2.75, 3.05) is 19.8 Å². The molecule has 1 aromatic rings. The number of aryl methyl sites for hydroxylation is 1. The number of ether oxygens (including phenoxy) is 1. The molecule has 0 aliphatic carbocycles. The van der Waals surface area contributed by atoms with Gasteiger partial charge >= 0.3 is 0 Å². The third kappa shape index (κ3) is 3.53. The van der Waals surface area contributed by atoms with Crippen LogP contribution >= 0.6 is 0 Å². The monoisotopic (exact) mass is 209 g/mol. The van der Waals surface area contributed by atoms with E-state index in [0.29, 0.717) is 6.61 Å². The molecule has 0 heterocycles. The van der Waals surface area contributed by atoms with Gasteiger partial charge in [-0.05, 0) is 30.7 Å². The van der Waals surface area contributed by atoms with Gasteiger partial charge in [0.15, 0.2) is 0 Å². The summed E-state index contributed by atoms with van der Waals surface area (Å²) < 4.78 is 5.49. The van der Waals surface area contributed by atoms with Gasteiger partial charge in [-0.15, -0.1) is 0 Å². The van der Waals surface area contributed by atoms with Gasteiger partial charge in [0, 0.05) is 5.41 Å². The lowest BCUT2D eigenvalue weighted by molar-refractivity contribution is 0.0287. The molecule has 1 aromatic carbocycles. The Bertz CT molecular complexity index is 305. The van der Waals surface area contributed by atoms with E-state index in [4.69, 9.17) is 14.9 Å². The zero-order valence-corrected chi connectivity index (χ0v) is 9.16. The van der Waals surface area contributed by atoms with E-state index in [1.807, 2.05) is 19.1 Å². The third-order valence-electron chi connectivity index (χ3n) is 2.27. The summed E-state index contributed by atoms with van der Waals surface area (Å²) in [6, 6.07) is 8.49. The molecule has 15 heavy (non-hydrogen) atoms. The topological polar surface area (TPSA) is 49.7 Å². The maximum atomic E-state index is 9.07. The van der Waals surface area contributed by atoms with Crippen LogP contribution in [0.25, 0.3) is 0 Å². The Kier molecular flexibility index (Phi) is 4.12. The van der Waals surface area contributed by atoms with Crippen molar-refractivity contribution in [3.05, 3.63) is 29.8 Å². The van der Waals surface area contributed by atoms with Crippen LogP contribution in [0.15, 0.2) is 18.2 Å². The molecule has 0 amide bonds. The first kappa shape index (κ1) is 12.0. The summed E-state index contributed by atoms with van der Waals surface area (Å²) in [4.78, 5) is 0. The maximum Gasteiger partial charge on any atom is 0.119 e. The molecule has 0 bridgehead atoms. The Balaban J connectivity index is 2.56. The molecule has 1 radical (unpaired) electrons. The fourth-order valence-electron chi connectivity index (χ4n) is 1.05. The van der Waals surface area contributed by atoms with E-state index in [1.54, 1.807) is 13.0 Å². The van der Waals surface area contributed by atoms with Gasteiger partial charge in [-0.2, -0.15) is 0 Å². The SMILES string of the molecule is Cc1[c]ccc(OCC(C)(CO)CO)c1. The van der Waals surface area contributed by atoms with Crippen LogP contribution in [0.3, 0.4) is 0 Å². The zero-order chi connectivity index (χ0) is 11.3. The molecule has 3 nitrogen and oxygen atoms in total. The van der Waals surface area contributed by atoms with Crippen LogP contribution < -0.4 is 4.74 Å². The Hall–Kier alpha value is -1.06. The van der Waals surface area contributed by atoms with Crippen LogP contribution in [0.5, 0.6) is 5.75 Å². The minimum Gasteiger partial charge on any atom is -0.493 e. The number of aliphatic hydroxyl groups excluding tert-OH is 2. The number of hydrogen-bond donors (Lipinski definition) is 2. The van der Waals surface area contributed by atoms with Gasteiger partial charge < -0.3 is 14.9 Å². The number of benzene rings is 1. The second-order valence-corrected chi connectivity index (χ2v) is 4.12. The summed E-state index contributed by atoms with van der Waals surface area (Å²) >= 11 is 0. The highest BCUT2D eigenvalue weighted by Crippen LogP contribution is 2.18. The number of hydrogen-bond acceptors (Lipinski definition) is 3. The number of aliphatic hydroxyl groups is 2. The van der Waals surface area contributed by atoms with Crippen molar-refractivity contribution in [1.82, 2.24) is 0 Å². The maximum absolute atomic E-state index is 9.07. The molecular formula is C12H17O3. The van der Waals surface area contributed by atoms with Crippen molar-refractivity contribution in [3.8, 4) is 5.75 Å². The molecule has 2 N–H and O–H groups in total. The number of rotatable bonds is 5. The average molecular weight is 209 g/mol. The molecule has 0 aliphatic rings. The molecule has 0 spiro atoms. The summed E-state index contributed by atoms with van der Waals surface area (Å²) in [5.74, 6) is 0.736. The Morgan fingerprint density at radius 3 is 2.60 bits per heavy atom. The summed E-state index contributed by atoms with van der Waals surface area (Å²) in [7, 11) is 0. The summed E-state index contributed by atoms with van der Waals surface area (Å²) in [6.07, 6.45) is 0. The van der Waals surface area contributed by atoms with Crippen molar-refractivity contribution in [2.45, 2.75) is 13.8 Å². The lowest BCUT2D eigenvalue weighted by Gasteiger charge is -2.24. The van der Waals surface area contributed by atoms with E-state index in [9.17, 15) is 0 Å². The lowest BCUT2D eigenvalue weighted by Crippen LogP contribution is -2.32. The van der Waals surface area contributed by atoms with E-state index in [2.05, 4.69) is 6.07 Å². The van der Waals surface area contributed by atoms with Crippen molar-refractivity contribution >= 4 is 0 Å². The molecule has 0 unspecified atom stereocenters. The van der Waals surface area contributed by atoms with E-state index >= 15 is 0 Å². The third-order valence-corrected chi connectivity index (χ3v) is 2.27. The van der Waals surface area contributed by atoms with Gasteiger partial charge in [0.25, 0.3) is 0 Å². The van der Waals surface area contributed by atoms with Gasteiger partial charge in [0.2, 0.25) is 0 Å². The van der Waals surface area contributed by atoms with Crippen LogP contribution in [-0.2, 0) is 0 Å². The first-order valence-electron chi connectivity index (χ1n) is 4.92. The quantitative estimate of drug-likeness (QED) is 0.765. The summed E-state index contributed by atoms with van der Waals surface area (Å²) in [6.45, 7) is 3.81. The molecule has 0 atom stereocenters. The van der Waals surface area contributed by atoms with Gasteiger partial charge in [-0.1, -0.05) is 13.0 Å². The Labute approximate surface area is 90.3 Å². The van der Waals surface area contributed by atoms with Gasteiger partial charge in [0.1, 0.15) is 5.75 Å². The van der Waals surface area contributed by atoms with Gasteiger partial charge in [0.05, 0.1) is 19.8 Å². The van der Waals surface area contributed by atoms with E-state index in [-0.39, 0.29) is 13.2 Å². The van der Waals surface area contributed by atoms with Gasteiger partial charge in [-0.3, -0.25) is 0 Å². The van der Waals surface area contributed by atoms with Crippen LogP contribution in [-0.4, -0.2) is 30.0 Å². The fraction of sp³-hybridized carbons (Fsp3) is 0.500. The molecule has 0 saturated heterocycles. The van der Waals surface area contributed by atoms with Crippen molar-refractivity contribution in [3.63, 3.8) is 0 Å². The molecule has 0 saturated carbocycles. The van der Waals surface area contributed by atoms with Gasteiger partial charge in [-0.25, -0.2) is 0 Å². The Morgan fingerprint density at radius 1 is 1.40 bits per heavy atom. The lowest BCUT2D eigenvalue weighted by atomic mass is 9.94. The highest BCUT2D eigenvalue weighted by atomic mass is 16.5. The largest absolute Gasteiger partial charge is 0.493 e. The van der Waals surface area contributed by atoms with Crippen molar-refractivity contribution in [2.24, 2.45) is 5.41 Å². The smallest absolute Gasteiger partial charge is 0.119 e. The molecule has 0 aliphatic heterocycles. The van der Waals surface area contributed by atoms with Crippen LogP contribution in [0.4, 0.5) is 0 Å². The Morgan fingerprint density at radius 2 is 2.07 bits per heavy atom. The van der Waals surface area contributed by atoms with Crippen molar-refractivity contribution in [1.29, 1.82) is 0 Å². The molecule has 1 rings (SSSR count). The molecule has 0 aromatic heterocycles. The average Bonchev–Trinajstić information content (AvgIpc) is 2.26. The van der Waals surface area contributed by atoms with Crippen LogP contribution in [0.1, 0.15) is 12.5 Å². The molecule has 83 valence electrons. The van der Waals surface area contributed by atoms with E-state index in [1.165, 1.54) is 0 Å². The molecular weight excluding hydrogens is 192 g/mol. The second-order valence-electron chi connectivity index (χ2n) is 4.12. The predicted octanol–water partition coefficient (Wildman–Crippen LogP) is 1.16. The van der Waals surface area contributed by atoms with Crippen LogP contribution in [0, 0.1) is 18.4 Å². The minimum atomic E-state index is -0.590. The minimum absolute atomic E-state index is 0.0958. The van der Waals surface area contributed by atoms with E-state index < -0.39 is 5.41 Å². The highest BCUT2D eigenvalue weighted by Gasteiger charge is 2.23. The van der Waals surface area contributed by atoms with E-state index in [0.717, 1.165) is 11.3 Å². The normalized spacial score (nSPS) is 11.5. The molecule has 3 heteroatoms. The molecule has 0 fully saturated rings. The highest BCUT2D eigenvalue weighted by molar-refractivity contribution is 5.26. The zero-order valence-electron chi connectivity index (χ0n) is 9.16. The fourth-order valence-corrected chi connectivity index (χ4v) is 1.05. The summed E-state index contributed by atoms with van der Waals surface area (Å²) in [5.41, 5.74) is 0.412. The first-order valence-corrected chi connectivity index (χ1v) is 4.92. The predicted molar refractivity (Wildman–Crippen MR) is 57.8 cm³/mol. The van der Waals surface area contributed by atoms with Crippen LogP contribution in [0.2, 0.25) is 0 Å². The van der Waals surface area contributed by atoms with Crippen molar-refractivity contribution < 1.29 is 14.9 Å². The first-order chi connectivity index (χ1) is 7.09. The standard InChI is InChI=1S/C12H17O3/c1-10-4-3-5-11(6-10)15-9-12(2,7-13)8-14/h3,5-6,13-14H,7-9H2,1-2H3.